The van der Waals surface area contributed by atoms with E-state index in [1.165, 1.54) is 0 Å². The van der Waals surface area contributed by atoms with Gasteiger partial charge in [-0.2, -0.15) is 0 Å². The van der Waals surface area contributed by atoms with Crippen LogP contribution in [0.4, 0.5) is 0 Å². The zero-order valence-corrected chi connectivity index (χ0v) is 12.0. The number of ether oxygens (including phenoxy) is 2. The molecule has 1 aromatic heterocycles. The molecule has 1 aliphatic rings. The number of H-pyrrole nitrogens is 1. The summed E-state index contributed by atoms with van der Waals surface area (Å²) in [6.07, 6.45) is 2.20. The molecular formula is C14H18N2O2S. The van der Waals surface area contributed by atoms with Crippen molar-refractivity contribution in [3.63, 3.8) is 0 Å². The molecule has 1 fully saturated rings. The maximum absolute atomic E-state index is 5.86. The van der Waals surface area contributed by atoms with Gasteiger partial charge in [0.25, 0.3) is 0 Å². The maximum atomic E-state index is 5.86. The van der Waals surface area contributed by atoms with Gasteiger partial charge in [0.1, 0.15) is 5.75 Å². The molecule has 1 saturated heterocycles. The lowest BCUT2D eigenvalue weighted by Gasteiger charge is -2.24. The zero-order chi connectivity index (χ0) is 13.5. The second-order valence-corrected chi connectivity index (χ2v) is 5.69. The number of aromatic nitrogens is 2. The van der Waals surface area contributed by atoms with Crippen molar-refractivity contribution >= 4 is 23.3 Å². The summed E-state index contributed by atoms with van der Waals surface area (Å²) in [6, 6.07) is 5.95. The summed E-state index contributed by atoms with van der Waals surface area (Å²) in [6.45, 7) is 3.77. The van der Waals surface area contributed by atoms with Crippen molar-refractivity contribution < 1.29 is 9.47 Å². The quantitative estimate of drug-likeness (QED) is 0.876. The first-order chi connectivity index (χ1) is 9.11. The summed E-state index contributed by atoms with van der Waals surface area (Å²) in [4.78, 5) is 3.24. The molecule has 1 aromatic carbocycles. The fraction of sp³-hybridized carbons (Fsp3) is 0.500. The Labute approximate surface area is 117 Å². The van der Waals surface area contributed by atoms with Gasteiger partial charge in [-0.25, -0.2) is 0 Å². The predicted molar refractivity (Wildman–Crippen MR) is 77.3 cm³/mol. The minimum atomic E-state index is -0.115. The predicted octanol–water partition coefficient (Wildman–Crippen LogP) is 3.28. The van der Waals surface area contributed by atoms with Crippen LogP contribution in [0.5, 0.6) is 5.75 Å². The van der Waals surface area contributed by atoms with Crippen LogP contribution in [0.3, 0.4) is 0 Å². The van der Waals surface area contributed by atoms with Crippen molar-refractivity contribution in [3.8, 4) is 5.75 Å². The van der Waals surface area contributed by atoms with Crippen LogP contribution in [0.1, 0.15) is 19.8 Å². The van der Waals surface area contributed by atoms with Crippen LogP contribution >= 0.6 is 12.2 Å². The lowest BCUT2D eigenvalue weighted by molar-refractivity contribution is 0.00678. The monoisotopic (exact) mass is 278 g/mol. The summed E-state index contributed by atoms with van der Waals surface area (Å²) in [5, 5.41) is 0. The molecule has 0 saturated carbocycles. The van der Waals surface area contributed by atoms with Gasteiger partial charge in [-0.1, -0.05) is 0 Å². The largest absolute Gasteiger partial charge is 0.497 e. The third-order valence-electron chi connectivity index (χ3n) is 3.78. The van der Waals surface area contributed by atoms with Crippen LogP contribution in [0.25, 0.3) is 11.0 Å². The smallest absolute Gasteiger partial charge is 0.178 e. The molecule has 4 nitrogen and oxygen atoms in total. The average Bonchev–Trinajstić information content (AvgIpc) is 2.95. The molecule has 0 spiro atoms. The molecule has 0 amide bonds. The Morgan fingerprint density at radius 1 is 1.53 bits per heavy atom. The molecule has 3 rings (SSSR count). The van der Waals surface area contributed by atoms with E-state index >= 15 is 0 Å². The number of methoxy groups -OCH3 is 1. The molecule has 19 heavy (non-hydrogen) atoms. The standard InChI is InChI=1S/C14H18N2O2S/c1-14(6-3-7-18-14)9-16-12-8-10(17-2)4-5-11(12)15-13(16)19/h4-5,8H,3,6-7,9H2,1-2H3,(H,15,19). The van der Waals surface area contributed by atoms with Gasteiger partial charge in [-0.05, 0) is 44.1 Å². The van der Waals surface area contributed by atoms with E-state index in [9.17, 15) is 0 Å². The second-order valence-electron chi connectivity index (χ2n) is 5.30. The van der Waals surface area contributed by atoms with Crippen LogP contribution in [-0.2, 0) is 11.3 Å². The normalized spacial score (nSPS) is 23.1. The second kappa shape index (κ2) is 4.65. The van der Waals surface area contributed by atoms with E-state index in [4.69, 9.17) is 21.7 Å². The first-order valence-electron chi connectivity index (χ1n) is 6.52. The van der Waals surface area contributed by atoms with E-state index < -0.39 is 0 Å². The SMILES string of the molecule is COc1ccc2[nH]c(=S)n(CC3(C)CCCO3)c2c1. The van der Waals surface area contributed by atoms with Crippen LogP contribution < -0.4 is 4.74 Å². The summed E-state index contributed by atoms with van der Waals surface area (Å²) >= 11 is 5.43. The molecule has 102 valence electrons. The summed E-state index contributed by atoms with van der Waals surface area (Å²) in [7, 11) is 1.67. The number of hydrogen-bond donors (Lipinski definition) is 1. The number of rotatable bonds is 3. The number of nitrogens with zero attached hydrogens (tertiary/aromatic N) is 1. The third-order valence-corrected chi connectivity index (χ3v) is 4.10. The van der Waals surface area contributed by atoms with Crippen molar-refractivity contribution in [2.24, 2.45) is 0 Å². The van der Waals surface area contributed by atoms with Gasteiger partial charge in [-0.3, -0.25) is 0 Å². The number of benzene rings is 1. The summed E-state index contributed by atoms with van der Waals surface area (Å²) in [5.74, 6) is 0.841. The first-order valence-corrected chi connectivity index (χ1v) is 6.93. The van der Waals surface area contributed by atoms with Crippen LogP contribution in [0, 0.1) is 4.77 Å². The topological polar surface area (TPSA) is 39.2 Å². The highest BCUT2D eigenvalue weighted by molar-refractivity contribution is 7.71. The van der Waals surface area contributed by atoms with E-state index in [1.54, 1.807) is 7.11 Å². The van der Waals surface area contributed by atoms with Gasteiger partial charge in [0.05, 0.1) is 30.3 Å². The minimum Gasteiger partial charge on any atom is -0.497 e. The van der Waals surface area contributed by atoms with Gasteiger partial charge in [-0.15, -0.1) is 0 Å². The lowest BCUT2D eigenvalue weighted by Crippen LogP contribution is -2.29. The highest BCUT2D eigenvalue weighted by atomic mass is 32.1. The fourth-order valence-corrected chi connectivity index (χ4v) is 2.99. The van der Waals surface area contributed by atoms with Crippen LogP contribution in [-0.4, -0.2) is 28.9 Å². The average molecular weight is 278 g/mol. The molecule has 5 heteroatoms. The molecule has 0 radical (unpaired) electrons. The van der Waals surface area contributed by atoms with Crippen molar-refractivity contribution in [1.29, 1.82) is 0 Å². The molecule has 2 heterocycles. The molecule has 0 bridgehead atoms. The third kappa shape index (κ3) is 2.28. The first kappa shape index (κ1) is 12.7. The van der Waals surface area contributed by atoms with Gasteiger partial charge in [0.15, 0.2) is 4.77 Å². The number of imidazole rings is 1. The molecule has 1 aliphatic heterocycles. The van der Waals surface area contributed by atoms with Crippen molar-refractivity contribution in [2.45, 2.75) is 31.9 Å². The Kier molecular flexibility index (Phi) is 3.11. The Hall–Kier alpha value is -1.33. The van der Waals surface area contributed by atoms with E-state index in [-0.39, 0.29) is 5.60 Å². The molecular weight excluding hydrogens is 260 g/mol. The number of nitrogens with one attached hydrogen (secondary N) is 1. The van der Waals surface area contributed by atoms with Crippen molar-refractivity contribution in [3.05, 3.63) is 23.0 Å². The highest BCUT2D eigenvalue weighted by Crippen LogP contribution is 2.29. The van der Waals surface area contributed by atoms with Gasteiger partial charge in [0, 0.05) is 12.7 Å². The Morgan fingerprint density at radius 3 is 3.05 bits per heavy atom. The van der Waals surface area contributed by atoms with E-state index in [0.717, 1.165) is 47.5 Å². The van der Waals surface area contributed by atoms with E-state index in [1.807, 2.05) is 18.2 Å². The lowest BCUT2D eigenvalue weighted by atomic mass is 10.0. The maximum Gasteiger partial charge on any atom is 0.178 e. The van der Waals surface area contributed by atoms with Gasteiger partial charge in [0.2, 0.25) is 0 Å². The molecule has 1 N–H and O–H groups in total. The Balaban J connectivity index is 2.06. The van der Waals surface area contributed by atoms with E-state index in [2.05, 4.69) is 16.5 Å². The van der Waals surface area contributed by atoms with Crippen molar-refractivity contribution in [1.82, 2.24) is 9.55 Å². The van der Waals surface area contributed by atoms with Gasteiger partial charge >= 0.3 is 0 Å². The van der Waals surface area contributed by atoms with Gasteiger partial charge < -0.3 is 19.0 Å². The van der Waals surface area contributed by atoms with Crippen molar-refractivity contribution in [2.75, 3.05) is 13.7 Å². The highest BCUT2D eigenvalue weighted by Gasteiger charge is 2.30. The fourth-order valence-electron chi connectivity index (χ4n) is 2.71. The summed E-state index contributed by atoms with van der Waals surface area (Å²) < 4.78 is 14.0. The zero-order valence-electron chi connectivity index (χ0n) is 11.2. The minimum absolute atomic E-state index is 0.115. The molecule has 0 aliphatic carbocycles. The summed E-state index contributed by atoms with van der Waals surface area (Å²) in [5.41, 5.74) is 1.99. The van der Waals surface area contributed by atoms with Crippen LogP contribution in [0.2, 0.25) is 0 Å². The molecule has 1 atom stereocenters. The van der Waals surface area contributed by atoms with E-state index in [0.29, 0.717) is 0 Å². The Morgan fingerprint density at radius 2 is 2.37 bits per heavy atom. The molecule has 2 aromatic rings. The molecule has 1 unspecified atom stereocenters. The number of aromatic amines is 1. The number of hydrogen-bond acceptors (Lipinski definition) is 3. The Bertz CT molecular complexity index is 653. The van der Waals surface area contributed by atoms with Crippen LogP contribution in [0.15, 0.2) is 18.2 Å². The number of fused-ring (bicyclic) bond motifs is 1.